The maximum Gasteiger partial charge on any atom is 0.340 e. The average Bonchev–Trinajstić information content (AvgIpc) is 2.59. The fourth-order valence-electron chi connectivity index (χ4n) is 0.879. The van der Waals surface area contributed by atoms with Crippen LogP contribution in [0.1, 0.15) is 17.8 Å². The molecule has 0 aliphatic carbocycles. The molecule has 1 aromatic rings. The molecule has 0 aliphatic rings. The first-order valence-corrected chi connectivity index (χ1v) is 4.70. The SMILES string of the molecule is CCOC(=O)C(N=O)c1cccs1. The van der Waals surface area contributed by atoms with E-state index < -0.39 is 12.0 Å². The lowest BCUT2D eigenvalue weighted by Gasteiger charge is -2.04. The van der Waals surface area contributed by atoms with Crippen molar-refractivity contribution >= 4 is 17.3 Å². The monoisotopic (exact) mass is 199 g/mol. The first-order chi connectivity index (χ1) is 6.29. The quantitative estimate of drug-likeness (QED) is 0.551. The zero-order valence-electron chi connectivity index (χ0n) is 7.10. The van der Waals surface area contributed by atoms with Gasteiger partial charge in [-0.05, 0) is 23.5 Å². The third-order valence-electron chi connectivity index (χ3n) is 1.43. The molecule has 0 aromatic carbocycles. The van der Waals surface area contributed by atoms with Gasteiger partial charge in [0.2, 0.25) is 6.04 Å². The summed E-state index contributed by atoms with van der Waals surface area (Å²) in [7, 11) is 0. The van der Waals surface area contributed by atoms with Crippen LogP contribution in [0.5, 0.6) is 0 Å². The number of thiophene rings is 1. The lowest BCUT2D eigenvalue weighted by molar-refractivity contribution is -0.144. The summed E-state index contributed by atoms with van der Waals surface area (Å²) in [4.78, 5) is 22.2. The summed E-state index contributed by atoms with van der Waals surface area (Å²) < 4.78 is 4.69. The molecular weight excluding hydrogens is 190 g/mol. The molecule has 0 N–H and O–H groups in total. The molecule has 0 fully saturated rings. The zero-order valence-corrected chi connectivity index (χ0v) is 7.91. The fourth-order valence-corrected chi connectivity index (χ4v) is 1.62. The highest BCUT2D eigenvalue weighted by Crippen LogP contribution is 2.23. The number of esters is 1. The molecule has 0 saturated carbocycles. The second-order valence-corrected chi connectivity index (χ2v) is 3.25. The Kier molecular flexibility index (Phi) is 3.57. The van der Waals surface area contributed by atoms with Crippen LogP contribution in [-0.4, -0.2) is 12.6 Å². The maximum atomic E-state index is 11.2. The van der Waals surface area contributed by atoms with Crippen LogP contribution < -0.4 is 0 Å². The highest BCUT2D eigenvalue weighted by atomic mass is 32.1. The minimum atomic E-state index is -1.00. The van der Waals surface area contributed by atoms with Crippen molar-refractivity contribution in [2.24, 2.45) is 5.18 Å². The highest BCUT2D eigenvalue weighted by Gasteiger charge is 2.23. The van der Waals surface area contributed by atoms with Crippen LogP contribution in [0, 0.1) is 4.91 Å². The van der Waals surface area contributed by atoms with Crippen LogP contribution in [0.4, 0.5) is 0 Å². The Morgan fingerprint density at radius 3 is 3.00 bits per heavy atom. The van der Waals surface area contributed by atoms with Crippen molar-refractivity contribution in [3.63, 3.8) is 0 Å². The van der Waals surface area contributed by atoms with E-state index in [9.17, 15) is 9.70 Å². The van der Waals surface area contributed by atoms with Gasteiger partial charge >= 0.3 is 5.97 Å². The topological polar surface area (TPSA) is 55.7 Å². The first-order valence-electron chi connectivity index (χ1n) is 3.82. The number of carbonyl (C=O) groups is 1. The van der Waals surface area contributed by atoms with Crippen molar-refractivity contribution < 1.29 is 9.53 Å². The minimum Gasteiger partial charge on any atom is -0.464 e. The molecule has 1 unspecified atom stereocenters. The predicted octanol–water partition coefficient (Wildman–Crippen LogP) is 2.12. The molecule has 0 saturated heterocycles. The van der Waals surface area contributed by atoms with E-state index in [-0.39, 0.29) is 6.61 Å². The third kappa shape index (κ3) is 2.35. The molecule has 0 bridgehead atoms. The molecule has 70 valence electrons. The summed E-state index contributed by atoms with van der Waals surface area (Å²) in [5, 5.41) is 4.52. The van der Waals surface area contributed by atoms with Gasteiger partial charge < -0.3 is 4.74 Å². The van der Waals surface area contributed by atoms with Crippen molar-refractivity contribution in [1.29, 1.82) is 0 Å². The van der Waals surface area contributed by atoms with Gasteiger partial charge in [0.1, 0.15) is 0 Å². The Labute approximate surface area is 79.5 Å². The van der Waals surface area contributed by atoms with E-state index in [0.717, 1.165) is 0 Å². The van der Waals surface area contributed by atoms with Crippen molar-refractivity contribution in [3.05, 3.63) is 27.3 Å². The second-order valence-electron chi connectivity index (χ2n) is 2.28. The summed E-state index contributed by atoms with van der Waals surface area (Å²) in [6.07, 6.45) is 0. The van der Waals surface area contributed by atoms with Gasteiger partial charge in [-0.2, -0.15) is 0 Å². The molecule has 4 nitrogen and oxygen atoms in total. The lowest BCUT2D eigenvalue weighted by atomic mass is 10.2. The van der Waals surface area contributed by atoms with Gasteiger partial charge in [0, 0.05) is 4.88 Å². The van der Waals surface area contributed by atoms with E-state index in [1.807, 2.05) is 0 Å². The summed E-state index contributed by atoms with van der Waals surface area (Å²) >= 11 is 1.32. The molecule has 1 atom stereocenters. The maximum absolute atomic E-state index is 11.2. The smallest absolute Gasteiger partial charge is 0.340 e. The average molecular weight is 199 g/mol. The Balaban J connectivity index is 2.74. The number of nitrogens with zero attached hydrogens (tertiary/aromatic N) is 1. The first kappa shape index (κ1) is 9.85. The molecular formula is C8H9NO3S. The molecule has 0 spiro atoms. The normalized spacial score (nSPS) is 12.1. The molecule has 1 heterocycles. The van der Waals surface area contributed by atoms with Gasteiger partial charge in [0.15, 0.2) is 0 Å². The summed E-state index contributed by atoms with van der Waals surface area (Å²) in [6, 6.07) is 2.45. The third-order valence-corrected chi connectivity index (χ3v) is 2.35. The van der Waals surface area contributed by atoms with Gasteiger partial charge in [-0.1, -0.05) is 6.07 Å². The molecule has 0 radical (unpaired) electrons. The summed E-state index contributed by atoms with van der Waals surface area (Å²) in [5.41, 5.74) is 0. The number of carbonyl (C=O) groups excluding carboxylic acids is 1. The number of rotatable bonds is 4. The van der Waals surface area contributed by atoms with Crippen LogP contribution in [0.2, 0.25) is 0 Å². The number of hydrogen-bond donors (Lipinski definition) is 0. The molecule has 5 heteroatoms. The number of ether oxygens (including phenoxy) is 1. The van der Waals surface area contributed by atoms with Gasteiger partial charge in [0.05, 0.1) is 6.61 Å². The Morgan fingerprint density at radius 1 is 1.77 bits per heavy atom. The second kappa shape index (κ2) is 4.71. The van der Waals surface area contributed by atoms with Crippen molar-refractivity contribution in [2.45, 2.75) is 13.0 Å². The largest absolute Gasteiger partial charge is 0.464 e. The Bertz CT molecular complexity index is 284. The molecule has 0 aliphatic heterocycles. The predicted molar refractivity (Wildman–Crippen MR) is 49.5 cm³/mol. The van der Waals surface area contributed by atoms with Gasteiger partial charge in [-0.3, -0.25) is 0 Å². The fraction of sp³-hybridized carbons (Fsp3) is 0.375. The van der Waals surface area contributed by atoms with E-state index >= 15 is 0 Å². The number of nitroso groups, excluding NO2 is 1. The molecule has 1 aromatic heterocycles. The van der Waals surface area contributed by atoms with Crippen LogP contribution >= 0.6 is 11.3 Å². The molecule has 13 heavy (non-hydrogen) atoms. The van der Waals surface area contributed by atoms with E-state index in [4.69, 9.17) is 4.74 Å². The molecule has 0 amide bonds. The minimum absolute atomic E-state index is 0.260. The van der Waals surface area contributed by atoms with Crippen LogP contribution in [0.25, 0.3) is 0 Å². The van der Waals surface area contributed by atoms with Crippen molar-refractivity contribution in [3.8, 4) is 0 Å². The van der Waals surface area contributed by atoms with Gasteiger partial charge in [-0.15, -0.1) is 16.2 Å². The summed E-state index contributed by atoms with van der Waals surface area (Å²) in [6.45, 7) is 1.95. The highest BCUT2D eigenvalue weighted by molar-refractivity contribution is 7.10. The van der Waals surface area contributed by atoms with Gasteiger partial charge in [0.25, 0.3) is 0 Å². The van der Waals surface area contributed by atoms with E-state index in [1.165, 1.54) is 11.3 Å². The standard InChI is InChI=1S/C8H9NO3S/c1-2-12-8(10)7(9-11)6-4-3-5-13-6/h3-5,7H,2H2,1H3. The summed E-state index contributed by atoms with van der Waals surface area (Å²) in [5.74, 6) is -0.583. The molecule has 1 rings (SSSR count). The Hall–Kier alpha value is -1.23. The van der Waals surface area contributed by atoms with Crippen LogP contribution in [0.15, 0.2) is 22.7 Å². The van der Waals surface area contributed by atoms with E-state index in [1.54, 1.807) is 24.4 Å². The lowest BCUT2D eigenvalue weighted by Crippen LogP contribution is -2.12. The van der Waals surface area contributed by atoms with Crippen molar-refractivity contribution in [1.82, 2.24) is 0 Å². The zero-order chi connectivity index (χ0) is 9.68. The van der Waals surface area contributed by atoms with Crippen LogP contribution in [-0.2, 0) is 9.53 Å². The Morgan fingerprint density at radius 2 is 2.54 bits per heavy atom. The van der Waals surface area contributed by atoms with E-state index in [2.05, 4.69) is 5.18 Å². The van der Waals surface area contributed by atoms with E-state index in [0.29, 0.717) is 4.88 Å². The van der Waals surface area contributed by atoms with Gasteiger partial charge in [-0.25, -0.2) is 4.79 Å². The number of hydrogen-bond acceptors (Lipinski definition) is 5. The van der Waals surface area contributed by atoms with Crippen LogP contribution in [0.3, 0.4) is 0 Å². The van der Waals surface area contributed by atoms with Crippen molar-refractivity contribution in [2.75, 3.05) is 6.61 Å².